The van der Waals surface area contributed by atoms with Gasteiger partial charge in [-0.1, -0.05) is 19.8 Å². The number of rotatable bonds is 3. The van der Waals surface area contributed by atoms with E-state index in [1.54, 1.807) is 6.20 Å². The lowest BCUT2D eigenvalue weighted by Gasteiger charge is -2.35. The molecule has 2 atom stereocenters. The number of aliphatic hydroxyl groups is 1. The summed E-state index contributed by atoms with van der Waals surface area (Å²) in [6, 6.07) is 3.99. The van der Waals surface area contributed by atoms with Gasteiger partial charge in [0.2, 0.25) is 0 Å². The third-order valence-electron chi connectivity index (χ3n) is 3.92. The predicted molar refractivity (Wildman–Crippen MR) is 74.8 cm³/mol. The Morgan fingerprint density at radius 1 is 1.63 bits per heavy atom. The molecule has 0 aromatic carbocycles. The van der Waals surface area contributed by atoms with E-state index >= 15 is 0 Å². The van der Waals surface area contributed by atoms with E-state index in [1.807, 2.05) is 13.0 Å². The Kier molecular flexibility index (Phi) is 4.06. The Morgan fingerprint density at radius 2 is 2.42 bits per heavy atom. The Bertz CT molecular complexity index is 495. The summed E-state index contributed by atoms with van der Waals surface area (Å²) in [5.74, 6) is 1.13. The van der Waals surface area contributed by atoms with Crippen molar-refractivity contribution >= 4 is 5.82 Å². The molecule has 2 N–H and O–H groups in total. The maximum Gasteiger partial charge on any atom is 0.144 e. The van der Waals surface area contributed by atoms with Gasteiger partial charge in [0.25, 0.3) is 0 Å². The molecule has 102 valence electrons. The van der Waals surface area contributed by atoms with Crippen molar-refractivity contribution in [2.45, 2.75) is 45.1 Å². The maximum atomic E-state index is 10.6. The number of hydrogen-bond acceptors (Lipinski definition) is 4. The number of nitriles is 1. The van der Waals surface area contributed by atoms with Gasteiger partial charge in [-0.25, -0.2) is 4.98 Å². The van der Waals surface area contributed by atoms with Crippen LogP contribution in [0, 0.1) is 24.2 Å². The fourth-order valence-electron chi connectivity index (χ4n) is 2.87. The highest BCUT2D eigenvalue weighted by molar-refractivity contribution is 5.55. The maximum absolute atomic E-state index is 10.6. The van der Waals surface area contributed by atoms with E-state index in [2.05, 4.69) is 23.3 Å². The number of hydrogen-bond donors (Lipinski definition) is 2. The Labute approximate surface area is 114 Å². The van der Waals surface area contributed by atoms with Crippen LogP contribution in [0.1, 0.15) is 43.7 Å². The molecule has 1 saturated carbocycles. The second-order valence-corrected chi connectivity index (χ2v) is 5.74. The van der Waals surface area contributed by atoms with E-state index in [1.165, 1.54) is 6.42 Å². The van der Waals surface area contributed by atoms with Crippen LogP contribution in [-0.4, -0.2) is 22.2 Å². The molecule has 19 heavy (non-hydrogen) atoms. The van der Waals surface area contributed by atoms with Crippen molar-refractivity contribution in [1.82, 2.24) is 4.98 Å². The van der Waals surface area contributed by atoms with Gasteiger partial charge < -0.3 is 10.4 Å². The molecule has 1 heterocycles. The van der Waals surface area contributed by atoms with Crippen LogP contribution >= 0.6 is 0 Å². The summed E-state index contributed by atoms with van der Waals surface area (Å²) in [5.41, 5.74) is 0.800. The molecule has 1 aliphatic rings. The van der Waals surface area contributed by atoms with Gasteiger partial charge in [0.05, 0.1) is 11.2 Å². The lowest BCUT2D eigenvalue weighted by atomic mass is 9.79. The first-order chi connectivity index (χ1) is 9.04. The van der Waals surface area contributed by atoms with Crippen molar-refractivity contribution in [1.29, 1.82) is 5.26 Å². The zero-order valence-electron chi connectivity index (χ0n) is 11.6. The van der Waals surface area contributed by atoms with Crippen molar-refractivity contribution in [3.05, 3.63) is 23.4 Å². The summed E-state index contributed by atoms with van der Waals surface area (Å²) in [6.07, 6.45) is 5.57. The highest BCUT2D eigenvalue weighted by Gasteiger charge is 2.32. The van der Waals surface area contributed by atoms with Crippen LogP contribution in [0.25, 0.3) is 0 Å². The lowest BCUT2D eigenvalue weighted by Crippen LogP contribution is -2.41. The predicted octanol–water partition coefficient (Wildman–Crippen LogP) is 2.61. The summed E-state index contributed by atoms with van der Waals surface area (Å²) < 4.78 is 0. The number of aryl methyl sites for hydroxylation is 1. The van der Waals surface area contributed by atoms with E-state index in [0.29, 0.717) is 23.8 Å². The summed E-state index contributed by atoms with van der Waals surface area (Å²) in [4.78, 5) is 4.20. The summed E-state index contributed by atoms with van der Waals surface area (Å²) in [5, 5.41) is 22.9. The SMILES string of the molecule is Cc1ccnc(NCC2(O)CCCC(C)C2)c1C#N. The molecular weight excluding hydrogens is 238 g/mol. The average molecular weight is 259 g/mol. The van der Waals surface area contributed by atoms with Gasteiger partial charge in [-0.2, -0.15) is 5.26 Å². The zero-order valence-corrected chi connectivity index (χ0v) is 11.6. The Morgan fingerprint density at radius 3 is 3.11 bits per heavy atom. The molecule has 1 aromatic rings. The molecular formula is C15H21N3O. The van der Waals surface area contributed by atoms with Gasteiger partial charge in [-0.05, 0) is 37.3 Å². The smallest absolute Gasteiger partial charge is 0.144 e. The third-order valence-corrected chi connectivity index (χ3v) is 3.92. The Balaban J connectivity index is 2.07. The van der Waals surface area contributed by atoms with Crippen molar-refractivity contribution in [3.8, 4) is 6.07 Å². The zero-order chi connectivity index (χ0) is 13.9. The molecule has 2 unspecified atom stereocenters. The van der Waals surface area contributed by atoms with Crippen molar-refractivity contribution in [2.75, 3.05) is 11.9 Å². The van der Waals surface area contributed by atoms with Gasteiger partial charge in [-0.3, -0.25) is 0 Å². The molecule has 4 heteroatoms. The van der Waals surface area contributed by atoms with Crippen LogP contribution in [0.15, 0.2) is 12.3 Å². The Hall–Kier alpha value is -1.60. The highest BCUT2D eigenvalue weighted by Crippen LogP contribution is 2.32. The van der Waals surface area contributed by atoms with Gasteiger partial charge >= 0.3 is 0 Å². The standard InChI is InChI=1S/C15H21N3O/c1-11-4-3-6-15(19,8-11)10-18-14-13(9-16)12(2)5-7-17-14/h5,7,11,19H,3-4,6,8,10H2,1-2H3,(H,17,18). The number of nitrogens with zero attached hydrogens (tertiary/aromatic N) is 2. The molecule has 1 aromatic heterocycles. The molecule has 0 spiro atoms. The normalized spacial score (nSPS) is 26.7. The van der Waals surface area contributed by atoms with Gasteiger partial charge in [0, 0.05) is 12.7 Å². The molecule has 0 saturated heterocycles. The van der Waals surface area contributed by atoms with Crippen LogP contribution < -0.4 is 5.32 Å². The molecule has 0 aliphatic heterocycles. The number of nitrogens with one attached hydrogen (secondary N) is 1. The van der Waals surface area contributed by atoms with Gasteiger partial charge in [0.15, 0.2) is 0 Å². The molecule has 0 radical (unpaired) electrons. The molecule has 2 rings (SSSR count). The second-order valence-electron chi connectivity index (χ2n) is 5.74. The van der Waals surface area contributed by atoms with E-state index in [0.717, 1.165) is 24.8 Å². The number of pyridine rings is 1. The second kappa shape index (κ2) is 5.58. The van der Waals surface area contributed by atoms with Crippen molar-refractivity contribution in [2.24, 2.45) is 5.92 Å². The minimum atomic E-state index is -0.671. The topological polar surface area (TPSA) is 68.9 Å². The third kappa shape index (κ3) is 3.24. The number of anilines is 1. The van der Waals surface area contributed by atoms with E-state index in [4.69, 9.17) is 5.26 Å². The lowest BCUT2D eigenvalue weighted by molar-refractivity contribution is -0.000830. The molecule has 1 aliphatic carbocycles. The van der Waals surface area contributed by atoms with Gasteiger partial charge in [0.1, 0.15) is 11.9 Å². The summed E-state index contributed by atoms with van der Waals surface area (Å²) in [7, 11) is 0. The summed E-state index contributed by atoms with van der Waals surface area (Å²) in [6.45, 7) is 4.53. The fourth-order valence-corrected chi connectivity index (χ4v) is 2.87. The fraction of sp³-hybridized carbons (Fsp3) is 0.600. The highest BCUT2D eigenvalue weighted by atomic mass is 16.3. The molecule has 4 nitrogen and oxygen atoms in total. The first-order valence-corrected chi connectivity index (χ1v) is 6.86. The quantitative estimate of drug-likeness (QED) is 0.875. The average Bonchev–Trinajstić information content (AvgIpc) is 2.36. The van der Waals surface area contributed by atoms with E-state index in [9.17, 15) is 5.11 Å². The van der Waals surface area contributed by atoms with E-state index < -0.39 is 5.60 Å². The van der Waals surface area contributed by atoms with Crippen molar-refractivity contribution < 1.29 is 5.11 Å². The van der Waals surface area contributed by atoms with Crippen LogP contribution in [0.4, 0.5) is 5.82 Å². The first-order valence-electron chi connectivity index (χ1n) is 6.86. The van der Waals surface area contributed by atoms with Crippen LogP contribution in [0.5, 0.6) is 0 Å². The monoisotopic (exact) mass is 259 g/mol. The first kappa shape index (κ1) is 13.8. The molecule has 0 amide bonds. The van der Waals surface area contributed by atoms with Crippen molar-refractivity contribution in [3.63, 3.8) is 0 Å². The van der Waals surface area contributed by atoms with Gasteiger partial charge in [-0.15, -0.1) is 0 Å². The van der Waals surface area contributed by atoms with Crippen LogP contribution in [-0.2, 0) is 0 Å². The van der Waals surface area contributed by atoms with Crippen LogP contribution in [0.2, 0.25) is 0 Å². The summed E-state index contributed by atoms with van der Waals surface area (Å²) >= 11 is 0. The van der Waals surface area contributed by atoms with Crippen LogP contribution in [0.3, 0.4) is 0 Å². The molecule has 1 fully saturated rings. The van der Waals surface area contributed by atoms with E-state index in [-0.39, 0.29) is 0 Å². The minimum absolute atomic E-state index is 0.461. The molecule has 0 bridgehead atoms. The number of aromatic nitrogens is 1. The minimum Gasteiger partial charge on any atom is -0.388 e. The largest absolute Gasteiger partial charge is 0.388 e.